The number of benzene rings is 3. The van der Waals surface area contributed by atoms with Gasteiger partial charge in [0, 0.05) is 42.2 Å². The molecule has 4 aromatic rings. The van der Waals surface area contributed by atoms with Gasteiger partial charge in [-0.1, -0.05) is 76.8 Å². The molecule has 0 bridgehead atoms. The monoisotopic (exact) mass is 630 g/mol. The third-order valence-electron chi connectivity index (χ3n) is 8.23. The van der Waals surface area contributed by atoms with Crippen molar-refractivity contribution in [2.45, 2.75) is 57.9 Å². The molecule has 8 heteroatoms. The molecule has 44 heavy (non-hydrogen) atoms. The second kappa shape index (κ2) is 14.7. The molecule has 2 heterocycles. The van der Waals surface area contributed by atoms with Crippen molar-refractivity contribution in [3.05, 3.63) is 127 Å². The highest BCUT2D eigenvalue weighted by Gasteiger charge is 2.24. The number of amides is 2. The van der Waals surface area contributed by atoms with Crippen molar-refractivity contribution in [1.29, 1.82) is 0 Å². The van der Waals surface area contributed by atoms with Crippen molar-refractivity contribution < 1.29 is 14.0 Å². The lowest BCUT2D eigenvalue weighted by atomic mass is 9.80. The summed E-state index contributed by atoms with van der Waals surface area (Å²) in [5.74, 6) is 0.309. The molecule has 0 unspecified atom stereocenters. The van der Waals surface area contributed by atoms with Crippen LogP contribution in [-0.4, -0.2) is 29.8 Å². The number of allylic oxidation sites excluding steroid dienone is 1. The molecule has 3 aromatic carbocycles. The quantitative estimate of drug-likeness (QED) is 0.218. The number of hydrogen-bond acceptors (Lipinski definition) is 4. The van der Waals surface area contributed by atoms with Crippen LogP contribution in [0, 0.1) is 6.92 Å². The van der Waals surface area contributed by atoms with E-state index in [1.807, 2.05) is 36.1 Å². The minimum atomic E-state index is -0.417. The first-order valence-corrected chi connectivity index (χ1v) is 15.8. The molecule has 2 aliphatic rings. The number of nitrogens with zero attached hydrogens (tertiary/aromatic N) is 1. The minimum absolute atomic E-state index is 0.00924. The Kier molecular flexibility index (Phi) is 10.6. The Bertz CT molecular complexity index is 1700. The number of carbonyl (C=O) groups excluding carboxylic acids is 2. The van der Waals surface area contributed by atoms with E-state index in [0.29, 0.717) is 41.4 Å². The van der Waals surface area contributed by atoms with Crippen LogP contribution in [0.25, 0.3) is 11.0 Å². The predicted octanol–water partition coefficient (Wildman–Crippen LogP) is 8.23. The topological polar surface area (TPSA) is 79.6 Å². The fraction of sp³-hybridized carbons (Fsp3) is 0.306. The molecular weight excluding hydrogens is 595 g/mol. The number of likely N-dealkylation sites (tertiary alicyclic amines) is 1. The van der Waals surface area contributed by atoms with Crippen molar-refractivity contribution >= 4 is 46.0 Å². The van der Waals surface area contributed by atoms with Crippen molar-refractivity contribution in [1.82, 2.24) is 10.2 Å². The molecule has 1 N–H and O–H groups in total. The summed E-state index contributed by atoms with van der Waals surface area (Å²) in [7, 11) is 0. The van der Waals surface area contributed by atoms with Gasteiger partial charge in [-0.05, 0) is 86.4 Å². The van der Waals surface area contributed by atoms with Crippen LogP contribution in [0.2, 0.25) is 10.0 Å². The third kappa shape index (κ3) is 8.19. The lowest BCUT2D eigenvalue weighted by Gasteiger charge is -2.27. The summed E-state index contributed by atoms with van der Waals surface area (Å²) in [5.41, 5.74) is 5.23. The summed E-state index contributed by atoms with van der Waals surface area (Å²) in [6.45, 7) is 3.98. The molecule has 6 nitrogen and oxygen atoms in total. The second-order valence-electron chi connectivity index (χ2n) is 11.4. The lowest BCUT2D eigenvalue weighted by molar-refractivity contribution is -0.128. The highest BCUT2D eigenvalue weighted by atomic mass is 35.5. The van der Waals surface area contributed by atoms with Gasteiger partial charge in [-0.15, -0.1) is 0 Å². The van der Waals surface area contributed by atoms with E-state index in [2.05, 4.69) is 35.7 Å². The zero-order valence-electron chi connectivity index (χ0n) is 24.8. The smallest absolute Gasteiger partial charge is 0.287 e. The standard InChI is InChI=1S/C29H29ClN2O4.C7H7Cl/c30-22-11-12-26-24(16-22)25(33)17-27(36-26)29(35)31-14-13-19-7-9-20(10-8-19)23-5-2-1-4-21(23)18-32-15-3-6-28(32)34;1-6-2-4-7(8)5-3-6/h1-2,4-5,11-13,16-17,20H,3,6-10,14-15,18H2,(H,31,35);2-5H,1H3. The maximum absolute atomic E-state index is 12.6. The molecule has 6 rings (SSSR count). The Morgan fingerprint density at radius 1 is 0.955 bits per heavy atom. The summed E-state index contributed by atoms with van der Waals surface area (Å²) >= 11 is 11.6. The summed E-state index contributed by atoms with van der Waals surface area (Å²) < 4.78 is 5.61. The van der Waals surface area contributed by atoms with Crippen LogP contribution in [0.1, 0.15) is 71.7 Å². The van der Waals surface area contributed by atoms with Gasteiger partial charge in [0.2, 0.25) is 5.91 Å². The van der Waals surface area contributed by atoms with Crippen molar-refractivity contribution in [2.75, 3.05) is 13.1 Å². The van der Waals surface area contributed by atoms with Gasteiger partial charge in [0.25, 0.3) is 5.91 Å². The Labute approximate surface area is 267 Å². The number of rotatable bonds is 6. The van der Waals surface area contributed by atoms with Crippen LogP contribution < -0.4 is 10.7 Å². The van der Waals surface area contributed by atoms with Gasteiger partial charge >= 0.3 is 0 Å². The van der Waals surface area contributed by atoms with Crippen LogP contribution in [-0.2, 0) is 11.3 Å². The average Bonchev–Trinajstić information content (AvgIpc) is 3.43. The largest absolute Gasteiger partial charge is 0.451 e. The van der Waals surface area contributed by atoms with E-state index in [1.165, 1.54) is 34.4 Å². The van der Waals surface area contributed by atoms with E-state index in [4.69, 9.17) is 27.6 Å². The van der Waals surface area contributed by atoms with Gasteiger partial charge in [-0.2, -0.15) is 0 Å². The van der Waals surface area contributed by atoms with Crippen LogP contribution in [0.4, 0.5) is 0 Å². The maximum atomic E-state index is 12.6. The highest BCUT2D eigenvalue weighted by molar-refractivity contribution is 6.31. The maximum Gasteiger partial charge on any atom is 0.287 e. The second-order valence-corrected chi connectivity index (χ2v) is 12.2. The van der Waals surface area contributed by atoms with Gasteiger partial charge in [0.15, 0.2) is 11.2 Å². The fourth-order valence-corrected chi connectivity index (χ4v) is 6.10. The molecule has 0 spiro atoms. The fourth-order valence-electron chi connectivity index (χ4n) is 5.81. The van der Waals surface area contributed by atoms with Crippen LogP contribution >= 0.6 is 23.2 Å². The first kappa shape index (κ1) is 31.6. The molecular formula is C36H36Cl2N2O4. The Hall–Kier alpha value is -3.87. The van der Waals surface area contributed by atoms with Gasteiger partial charge in [0.1, 0.15) is 5.58 Å². The Morgan fingerprint density at radius 3 is 2.39 bits per heavy atom. The predicted molar refractivity (Wildman–Crippen MR) is 176 cm³/mol. The zero-order valence-corrected chi connectivity index (χ0v) is 26.3. The van der Waals surface area contributed by atoms with Gasteiger partial charge in [0.05, 0.1) is 5.39 Å². The molecule has 1 saturated heterocycles. The van der Waals surface area contributed by atoms with Gasteiger partial charge in [-0.3, -0.25) is 14.4 Å². The van der Waals surface area contributed by atoms with Crippen LogP contribution in [0.15, 0.2) is 93.7 Å². The first-order valence-electron chi connectivity index (χ1n) is 15.0. The summed E-state index contributed by atoms with van der Waals surface area (Å²) in [4.78, 5) is 39.0. The van der Waals surface area contributed by atoms with Crippen molar-refractivity contribution in [3.8, 4) is 0 Å². The molecule has 1 aromatic heterocycles. The normalized spacial score (nSPS) is 16.4. The summed E-state index contributed by atoms with van der Waals surface area (Å²) in [6, 6.07) is 22.2. The third-order valence-corrected chi connectivity index (χ3v) is 8.72. The molecule has 228 valence electrons. The number of nitrogens with one attached hydrogen (secondary N) is 1. The number of halogens is 2. The van der Waals surface area contributed by atoms with Crippen LogP contribution in [0.5, 0.6) is 0 Å². The molecule has 2 amide bonds. The van der Waals surface area contributed by atoms with E-state index >= 15 is 0 Å². The number of carbonyl (C=O) groups is 2. The molecule has 1 saturated carbocycles. The molecule has 1 aliphatic carbocycles. The number of fused-ring (bicyclic) bond motifs is 1. The van der Waals surface area contributed by atoms with Crippen LogP contribution in [0.3, 0.4) is 0 Å². The zero-order chi connectivity index (χ0) is 31.1. The Morgan fingerprint density at radius 2 is 1.68 bits per heavy atom. The van der Waals surface area contributed by atoms with Gasteiger partial charge in [-0.25, -0.2) is 0 Å². The molecule has 1 aliphatic heterocycles. The van der Waals surface area contributed by atoms with Crippen molar-refractivity contribution in [2.24, 2.45) is 0 Å². The van der Waals surface area contributed by atoms with Crippen molar-refractivity contribution in [3.63, 3.8) is 0 Å². The van der Waals surface area contributed by atoms with E-state index in [0.717, 1.165) is 43.7 Å². The SMILES string of the molecule is Cc1ccc(Cl)cc1.O=C(NCC=C1CCC(c2ccccc2CN2CCCC2=O)CC1)c1cc(=O)c2cc(Cl)ccc2o1. The van der Waals surface area contributed by atoms with E-state index in [9.17, 15) is 14.4 Å². The average molecular weight is 632 g/mol. The molecule has 0 atom stereocenters. The first-order chi connectivity index (χ1) is 21.3. The van der Waals surface area contributed by atoms with E-state index < -0.39 is 5.91 Å². The summed E-state index contributed by atoms with van der Waals surface area (Å²) in [5, 5.41) is 4.43. The minimum Gasteiger partial charge on any atom is -0.451 e. The lowest BCUT2D eigenvalue weighted by Crippen LogP contribution is -2.25. The van der Waals surface area contributed by atoms with Gasteiger partial charge < -0.3 is 14.6 Å². The highest BCUT2D eigenvalue weighted by Crippen LogP contribution is 2.37. The summed E-state index contributed by atoms with van der Waals surface area (Å²) in [6.07, 6.45) is 7.74. The van der Waals surface area contributed by atoms with E-state index in [1.54, 1.807) is 12.1 Å². The molecule has 0 radical (unpaired) electrons. The Balaban J connectivity index is 0.000000418. The molecule has 2 fully saturated rings. The number of aryl methyl sites for hydroxylation is 1. The number of hydrogen-bond donors (Lipinski definition) is 1. The van der Waals surface area contributed by atoms with E-state index in [-0.39, 0.29) is 17.1 Å².